The molecule has 1 aliphatic rings. The van der Waals surface area contributed by atoms with Crippen molar-refractivity contribution >= 4 is 0 Å². The van der Waals surface area contributed by atoms with Crippen molar-refractivity contribution in [2.75, 3.05) is 19.6 Å². The molecular weight excluding hydrogens is 234 g/mol. The molecule has 0 bridgehead atoms. The summed E-state index contributed by atoms with van der Waals surface area (Å²) in [6, 6.07) is 2.79. The predicted octanol–water partition coefficient (Wildman–Crippen LogP) is 2.60. The summed E-state index contributed by atoms with van der Waals surface area (Å²) >= 11 is 0. The molecule has 1 aromatic heterocycles. The minimum atomic E-state index is 0.634. The molecule has 0 amide bonds. The molecule has 19 heavy (non-hydrogen) atoms. The SMILES string of the molecule is CCC(C)C1CN(Cc2ccncc2C)CCCN1. The maximum absolute atomic E-state index is 4.18. The van der Waals surface area contributed by atoms with E-state index in [0.29, 0.717) is 6.04 Å². The van der Waals surface area contributed by atoms with E-state index in [4.69, 9.17) is 0 Å². The van der Waals surface area contributed by atoms with Crippen LogP contribution in [0.3, 0.4) is 0 Å². The number of rotatable bonds is 4. The molecule has 106 valence electrons. The van der Waals surface area contributed by atoms with Gasteiger partial charge in [0.05, 0.1) is 0 Å². The molecule has 3 nitrogen and oxygen atoms in total. The van der Waals surface area contributed by atoms with Crippen molar-refractivity contribution < 1.29 is 0 Å². The van der Waals surface area contributed by atoms with Crippen molar-refractivity contribution in [1.29, 1.82) is 0 Å². The van der Waals surface area contributed by atoms with Gasteiger partial charge in [0.2, 0.25) is 0 Å². The van der Waals surface area contributed by atoms with E-state index in [2.05, 4.69) is 42.0 Å². The minimum absolute atomic E-state index is 0.634. The van der Waals surface area contributed by atoms with Crippen LogP contribution in [-0.2, 0) is 6.54 Å². The molecule has 1 saturated heterocycles. The number of aryl methyl sites for hydroxylation is 1. The summed E-state index contributed by atoms with van der Waals surface area (Å²) in [5.74, 6) is 0.749. The lowest BCUT2D eigenvalue weighted by molar-refractivity contribution is 0.231. The Morgan fingerprint density at radius 2 is 2.37 bits per heavy atom. The lowest BCUT2D eigenvalue weighted by atomic mass is 9.98. The fourth-order valence-corrected chi connectivity index (χ4v) is 2.75. The molecule has 0 saturated carbocycles. The largest absolute Gasteiger partial charge is 0.312 e. The zero-order chi connectivity index (χ0) is 13.7. The van der Waals surface area contributed by atoms with Crippen molar-refractivity contribution in [3.63, 3.8) is 0 Å². The van der Waals surface area contributed by atoms with Crippen molar-refractivity contribution in [3.05, 3.63) is 29.6 Å². The molecule has 3 heteroatoms. The maximum Gasteiger partial charge on any atom is 0.0300 e. The monoisotopic (exact) mass is 261 g/mol. The second-order valence-corrected chi connectivity index (χ2v) is 5.84. The average Bonchev–Trinajstić information content (AvgIpc) is 2.66. The summed E-state index contributed by atoms with van der Waals surface area (Å²) in [7, 11) is 0. The van der Waals surface area contributed by atoms with Crippen LogP contribution in [0.5, 0.6) is 0 Å². The van der Waals surface area contributed by atoms with Crippen LogP contribution >= 0.6 is 0 Å². The van der Waals surface area contributed by atoms with Gasteiger partial charge < -0.3 is 5.32 Å². The number of aromatic nitrogens is 1. The molecule has 0 aliphatic carbocycles. The number of hydrogen-bond donors (Lipinski definition) is 1. The van der Waals surface area contributed by atoms with Gasteiger partial charge >= 0.3 is 0 Å². The minimum Gasteiger partial charge on any atom is -0.312 e. The quantitative estimate of drug-likeness (QED) is 0.903. The van der Waals surface area contributed by atoms with E-state index in [1.54, 1.807) is 0 Å². The average molecular weight is 261 g/mol. The van der Waals surface area contributed by atoms with E-state index in [9.17, 15) is 0 Å². The highest BCUT2D eigenvalue weighted by atomic mass is 15.2. The third-order valence-corrected chi connectivity index (χ3v) is 4.37. The lowest BCUT2D eigenvalue weighted by Gasteiger charge is -2.28. The summed E-state index contributed by atoms with van der Waals surface area (Å²) in [6.07, 6.45) is 6.37. The summed E-state index contributed by atoms with van der Waals surface area (Å²) in [6.45, 7) is 11.4. The number of nitrogens with zero attached hydrogens (tertiary/aromatic N) is 2. The Labute approximate surface area is 117 Å². The first-order valence-electron chi connectivity index (χ1n) is 7.56. The number of nitrogens with one attached hydrogen (secondary N) is 1. The second kappa shape index (κ2) is 7.01. The Balaban J connectivity index is 2.01. The first-order valence-corrected chi connectivity index (χ1v) is 7.56. The summed E-state index contributed by atoms with van der Waals surface area (Å²) < 4.78 is 0. The summed E-state index contributed by atoms with van der Waals surface area (Å²) in [5.41, 5.74) is 2.72. The van der Waals surface area contributed by atoms with Crippen molar-refractivity contribution in [2.24, 2.45) is 5.92 Å². The maximum atomic E-state index is 4.18. The van der Waals surface area contributed by atoms with E-state index in [0.717, 1.165) is 25.6 Å². The molecule has 0 spiro atoms. The van der Waals surface area contributed by atoms with E-state index in [-0.39, 0.29) is 0 Å². The van der Waals surface area contributed by atoms with Crippen LogP contribution in [-0.4, -0.2) is 35.6 Å². The molecule has 1 aliphatic heterocycles. The highest BCUT2D eigenvalue weighted by Gasteiger charge is 2.21. The van der Waals surface area contributed by atoms with Crippen molar-refractivity contribution in [3.8, 4) is 0 Å². The van der Waals surface area contributed by atoms with Crippen LogP contribution in [0.15, 0.2) is 18.5 Å². The summed E-state index contributed by atoms with van der Waals surface area (Å²) in [4.78, 5) is 6.78. The Kier molecular flexibility index (Phi) is 5.34. The standard InChI is InChI=1S/C16H27N3/c1-4-13(2)16-12-19(9-5-7-18-16)11-15-6-8-17-10-14(15)3/h6,8,10,13,16,18H,4-5,7,9,11-12H2,1-3H3. The predicted molar refractivity (Wildman–Crippen MR) is 80.1 cm³/mol. The Bertz CT molecular complexity index is 391. The smallest absolute Gasteiger partial charge is 0.0300 e. The van der Waals surface area contributed by atoms with E-state index in [1.165, 1.54) is 30.5 Å². The molecular formula is C16H27N3. The molecule has 0 aromatic carbocycles. The Morgan fingerprint density at radius 1 is 1.53 bits per heavy atom. The number of hydrogen-bond acceptors (Lipinski definition) is 3. The van der Waals surface area contributed by atoms with E-state index >= 15 is 0 Å². The second-order valence-electron chi connectivity index (χ2n) is 5.84. The molecule has 2 atom stereocenters. The van der Waals surface area contributed by atoms with Gasteiger partial charge in [-0.05, 0) is 49.5 Å². The van der Waals surface area contributed by atoms with Gasteiger partial charge in [0.1, 0.15) is 0 Å². The molecule has 2 unspecified atom stereocenters. The highest BCUT2D eigenvalue weighted by molar-refractivity contribution is 5.21. The van der Waals surface area contributed by atoms with Gasteiger partial charge in [-0.1, -0.05) is 20.3 Å². The first kappa shape index (κ1) is 14.5. The third kappa shape index (κ3) is 4.02. The Hall–Kier alpha value is -0.930. The van der Waals surface area contributed by atoms with Crippen molar-refractivity contribution in [1.82, 2.24) is 15.2 Å². The normalized spacial score (nSPS) is 23.0. The zero-order valence-corrected chi connectivity index (χ0v) is 12.5. The lowest BCUT2D eigenvalue weighted by Crippen LogP contribution is -2.41. The van der Waals surface area contributed by atoms with Gasteiger partial charge in [-0.15, -0.1) is 0 Å². The fourth-order valence-electron chi connectivity index (χ4n) is 2.75. The number of pyridine rings is 1. The fraction of sp³-hybridized carbons (Fsp3) is 0.688. The molecule has 2 rings (SSSR count). The van der Waals surface area contributed by atoms with E-state index < -0.39 is 0 Å². The zero-order valence-electron chi connectivity index (χ0n) is 12.5. The van der Waals surface area contributed by atoms with Gasteiger partial charge in [0.25, 0.3) is 0 Å². The van der Waals surface area contributed by atoms with Crippen LogP contribution < -0.4 is 5.32 Å². The van der Waals surface area contributed by atoms with Crippen molar-refractivity contribution in [2.45, 2.75) is 46.2 Å². The topological polar surface area (TPSA) is 28.2 Å². The van der Waals surface area contributed by atoms with Crippen LogP contribution in [0.1, 0.15) is 37.8 Å². The summed E-state index contributed by atoms with van der Waals surface area (Å²) in [5, 5.41) is 3.71. The van der Waals surface area contributed by atoms with Gasteiger partial charge in [-0.3, -0.25) is 9.88 Å². The van der Waals surface area contributed by atoms with Crippen LogP contribution in [0, 0.1) is 12.8 Å². The Morgan fingerprint density at radius 3 is 3.11 bits per heavy atom. The molecule has 2 heterocycles. The van der Waals surface area contributed by atoms with E-state index in [1.807, 2.05) is 12.4 Å². The molecule has 1 fully saturated rings. The third-order valence-electron chi connectivity index (χ3n) is 4.37. The van der Waals surface area contributed by atoms with Crippen LogP contribution in [0.2, 0.25) is 0 Å². The molecule has 1 N–H and O–H groups in total. The van der Waals surface area contributed by atoms with Crippen LogP contribution in [0.4, 0.5) is 0 Å². The van der Waals surface area contributed by atoms with Gasteiger partial charge in [-0.2, -0.15) is 0 Å². The highest BCUT2D eigenvalue weighted by Crippen LogP contribution is 2.15. The van der Waals surface area contributed by atoms with Gasteiger partial charge in [-0.25, -0.2) is 0 Å². The first-order chi connectivity index (χ1) is 9.20. The molecule has 1 aromatic rings. The molecule has 0 radical (unpaired) electrons. The van der Waals surface area contributed by atoms with Crippen LogP contribution in [0.25, 0.3) is 0 Å². The van der Waals surface area contributed by atoms with Gasteiger partial charge in [0.15, 0.2) is 0 Å². The van der Waals surface area contributed by atoms with Gasteiger partial charge in [0, 0.05) is 31.5 Å².